The molecule has 150 valence electrons. The molecule has 0 bridgehead atoms. The Kier molecular flexibility index (Phi) is 8.17. The van der Waals surface area contributed by atoms with Crippen molar-refractivity contribution in [1.82, 2.24) is 10.6 Å². The van der Waals surface area contributed by atoms with E-state index in [2.05, 4.69) is 10.6 Å². The lowest BCUT2D eigenvalue weighted by Crippen LogP contribution is -2.51. The van der Waals surface area contributed by atoms with Gasteiger partial charge < -0.3 is 21.5 Å². The molecule has 0 radical (unpaired) electrons. The van der Waals surface area contributed by atoms with Crippen LogP contribution in [0, 0.1) is 5.92 Å². The number of aliphatic hydroxyl groups is 1. The van der Waals surface area contributed by atoms with Crippen LogP contribution in [0.1, 0.15) is 37.4 Å². The molecule has 2 rings (SSSR count). The summed E-state index contributed by atoms with van der Waals surface area (Å²) in [6, 6.07) is 16.8. The fourth-order valence-corrected chi connectivity index (χ4v) is 2.89. The van der Waals surface area contributed by atoms with E-state index in [1.165, 1.54) is 0 Å². The zero-order valence-electron chi connectivity index (χ0n) is 16.3. The number of hydrogen-bond donors (Lipinski definition) is 4. The monoisotopic (exact) mass is 383 g/mol. The highest BCUT2D eigenvalue weighted by atomic mass is 16.3. The normalized spacial score (nSPS) is 14.2. The van der Waals surface area contributed by atoms with Crippen molar-refractivity contribution in [1.29, 1.82) is 0 Å². The topological polar surface area (TPSA) is 104 Å². The molecule has 0 aliphatic heterocycles. The van der Waals surface area contributed by atoms with Gasteiger partial charge >= 0.3 is 0 Å². The lowest BCUT2D eigenvalue weighted by Gasteiger charge is -2.24. The summed E-state index contributed by atoms with van der Waals surface area (Å²) in [5.74, 6) is -0.754. The average Bonchev–Trinajstić information content (AvgIpc) is 2.71. The van der Waals surface area contributed by atoms with Crippen molar-refractivity contribution in [3.05, 3.63) is 71.8 Å². The second kappa shape index (κ2) is 10.6. The Bertz CT molecular complexity index is 750. The first-order valence-electron chi connectivity index (χ1n) is 9.49. The van der Waals surface area contributed by atoms with E-state index in [1.807, 2.05) is 50.2 Å². The number of hydrogen-bond acceptors (Lipinski definition) is 4. The Labute approximate surface area is 166 Å². The summed E-state index contributed by atoms with van der Waals surface area (Å²) < 4.78 is 0. The van der Waals surface area contributed by atoms with Gasteiger partial charge in [-0.15, -0.1) is 0 Å². The molecule has 5 N–H and O–H groups in total. The van der Waals surface area contributed by atoms with Crippen LogP contribution in [0.2, 0.25) is 0 Å². The maximum atomic E-state index is 12.6. The summed E-state index contributed by atoms with van der Waals surface area (Å²) >= 11 is 0. The molecule has 0 fully saturated rings. The fourth-order valence-electron chi connectivity index (χ4n) is 2.89. The summed E-state index contributed by atoms with van der Waals surface area (Å²) in [6.45, 7) is 4.31. The first kappa shape index (κ1) is 21.6. The zero-order valence-corrected chi connectivity index (χ0v) is 16.3. The molecule has 0 aliphatic rings. The van der Waals surface area contributed by atoms with Crippen molar-refractivity contribution < 1.29 is 14.7 Å². The van der Waals surface area contributed by atoms with Crippen LogP contribution in [0.5, 0.6) is 0 Å². The summed E-state index contributed by atoms with van der Waals surface area (Å²) in [7, 11) is 0. The van der Waals surface area contributed by atoms with E-state index in [0.29, 0.717) is 18.5 Å². The van der Waals surface area contributed by atoms with Gasteiger partial charge in [-0.3, -0.25) is 9.59 Å². The van der Waals surface area contributed by atoms with Gasteiger partial charge in [0.2, 0.25) is 5.91 Å². The Morgan fingerprint density at radius 2 is 1.54 bits per heavy atom. The van der Waals surface area contributed by atoms with Crippen LogP contribution in [0.3, 0.4) is 0 Å². The van der Waals surface area contributed by atoms with Crippen molar-refractivity contribution in [2.75, 3.05) is 0 Å². The molecule has 2 amide bonds. The molecule has 0 saturated heterocycles. The van der Waals surface area contributed by atoms with Crippen LogP contribution in [0.4, 0.5) is 0 Å². The van der Waals surface area contributed by atoms with E-state index < -0.39 is 24.1 Å². The molecular formula is C22H29N3O3. The Morgan fingerprint density at radius 3 is 2.11 bits per heavy atom. The number of nitrogens with two attached hydrogens (primary N) is 1. The van der Waals surface area contributed by atoms with Crippen molar-refractivity contribution >= 4 is 11.8 Å². The van der Waals surface area contributed by atoms with Crippen LogP contribution in [-0.2, 0) is 16.1 Å². The number of amides is 2. The second-order valence-corrected chi connectivity index (χ2v) is 7.28. The molecule has 0 aliphatic carbocycles. The molecule has 28 heavy (non-hydrogen) atoms. The number of carbonyl (C=O) groups excluding carboxylic acids is 2. The molecule has 3 atom stereocenters. The third-order valence-corrected chi connectivity index (χ3v) is 4.44. The van der Waals surface area contributed by atoms with Gasteiger partial charge in [-0.2, -0.15) is 0 Å². The highest BCUT2D eigenvalue weighted by molar-refractivity contribution is 5.89. The van der Waals surface area contributed by atoms with Gasteiger partial charge in [-0.1, -0.05) is 74.5 Å². The summed E-state index contributed by atoms with van der Waals surface area (Å²) in [5.41, 5.74) is 7.64. The van der Waals surface area contributed by atoms with Gasteiger partial charge in [0.1, 0.15) is 6.04 Å². The summed E-state index contributed by atoms with van der Waals surface area (Å²) in [5, 5.41) is 15.8. The van der Waals surface area contributed by atoms with E-state index in [9.17, 15) is 14.7 Å². The highest BCUT2D eigenvalue weighted by Gasteiger charge is 2.29. The fraction of sp³-hybridized carbons (Fsp3) is 0.364. The number of benzene rings is 2. The summed E-state index contributed by atoms with van der Waals surface area (Å²) in [4.78, 5) is 25.1. The molecule has 0 spiro atoms. The van der Waals surface area contributed by atoms with E-state index in [-0.39, 0.29) is 11.8 Å². The molecule has 0 aromatic heterocycles. The van der Waals surface area contributed by atoms with Gasteiger partial charge in [0.25, 0.3) is 5.91 Å². The second-order valence-electron chi connectivity index (χ2n) is 7.28. The minimum absolute atomic E-state index is 0.188. The predicted octanol–water partition coefficient (Wildman–Crippen LogP) is 1.89. The van der Waals surface area contributed by atoms with Crippen molar-refractivity contribution in [2.24, 2.45) is 11.7 Å². The van der Waals surface area contributed by atoms with Crippen molar-refractivity contribution in [2.45, 2.75) is 45.0 Å². The number of aliphatic hydroxyl groups excluding tert-OH is 1. The van der Waals surface area contributed by atoms with Crippen LogP contribution >= 0.6 is 0 Å². The molecule has 6 nitrogen and oxygen atoms in total. The minimum Gasteiger partial charge on any atom is -0.381 e. The lowest BCUT2D eigenvalue weighted by molar-refractivity contribution is -0.135. The molecule has 0 saturated carbocycles. The standard InChI is InChI=1S/C22H29N3O3/c1-15(2)13-18(21(27)24-14-16-9-5-3-6-10-16)25-22(28)20(26)19(23)17-11-7-4-8-12-17/h3-12,15,18-20,26H,13-14,23H2,1-2H3,(H,24,27)(H,25,28)/t18-,19-,20+/m0/s1. The van der Waals surface area contributed by atoms with Gasteiger partial charge in [-0.05, 0) is 23.5 Å². The van der Waals surface area contributed by atoms with Crippen LogP contribution in [-0.4, -0.2) is 29.1 Å². The van der Waals surface area contributed by atoms with Crippen LogP contribution < -0.4 is 16.4 Å². The molecular weight excluding hydrogens is 354 g/mol. The number of rotatable bonds is 9. The maximum absolute atomic E-state index is 12.6. The van der Waals surface area contributed by atoms with E-state index in [4.69, 9.17) is 5.73 Å². The van der Waals surface area contributed by atoms with Crippen LogP contribution in [0.15, 0.2) is 60.7 Å². The van der Waals surface area contributed by atoms with Gasteiger partial charge in [0.05, 0.1) is 6.04 Å². The quantitative estimate of drug-likeness (QED) is 0.531. The Balaban J connectivity index is 1.99. The number of nitrogens with one attached hydrogen (secondary N) is 2. The third-order valence-electron chi connectivity index (χ3n) is 4.44. The first-order valence-corrected chi connectivity index (χ1v) is 9.49. The molecule has 0 unspecified atom stereocenters. The van der Waals surface area contributed by atoms with Crippen molar-refractivity contribution in [3.8, 4) is 0 Å². The van der Waals surface area contributed by atoms with E-state index in [0.717, 1.165) is 5.56 Å². The van der Waals surface area contributed by atoms with Gasteiger partial charge in [0.15, 0.2) is 6.10 Å². The van der Waals surface area contributed by atoms with Crippen molar-refractivity contribution in [3.63, 3.8) is 0 Å². The maximum Gasteiger partial charge on any atom is 0.251 e. The SMILES string of the molecule is CC(C)C[C@H](NC(=O)[C@H](O)[C@@H](N)c1ccccc1)C(=O)NCc1ccccc1. The van der Waals surface area contributed by atoms with E-state index >= 15 is 0 Å². The molecule has 6 heteroatoms. The summed E-state index contributed by atoms with van der Waals surface area (Å²) in [6.07, 6.45) is -0.987. The molecule has 0 heterocycles. The Hall–Kier alpha value is -2.70. The van der Waals surface area contributed by atoms with E-state index in [1.54, 1.807) is 24.3 Å². The van der Waals surface area contributed by atoms with Gasteiger partial charge in [0, 0.05) is 6.54 Å². The zero-order chi connectivity index (χ0) is 20.5. The van der Waals surface area contributed by atoms with Gasteiger partial charge in [-0.25, -0.2) is 0 Å². The minimum atomic E-state index is -1.45. The highest BCUT2D eigenvalue weighted by Crippen LogP contribution is 2.15. The lowest BCUT2D eigenvalue weighted by atomic mass is 9.99. The number of carbonyl (C=O) groups is 2. The largest absolute Gasteiger partial charge is 0.381 e. The molecule has 2 aromatic carbocycles. The third kappa shape index (κ3) is 6.48. The van der Waals surface area contributed by atoms with Crippen LogP contribution in [0.25, 0.3) is 0 Å². The first-order chi connectivity index (χ1) is 13.4. The smallest absolute Gasteiger partial charge is 0.251 e. The Morgan fingerprint density at radius 1 is 0.964 bits per heavy atom. The molecule has 2 aromatic rings. The average molecular weight is 383 g/mol. The predicted molar refractivity (Wildman–Crippen MR) is 109 cm³/mol.